The SMILES string of the molecule is COC(=O)C1(NCCCN=[N+]=[N-])CCCOCC1. The minimum atomic E-state index is -0.651. The molecule has 1 fully saturated rings. The van der Waals surface area contributed by atoms with E-state index in [0.29, 0.717) is 45.6 Å². The van der Waals surface area contributed by atoms with Gasteiger partial charge in [-0.2, -0.15) is 0 Å². The fraction of sp³-hybridized carbons (Fsp3) is 0.909. The minimum absolute atomic E-state index is 0.239. The molecule has 0 spiro atoms. The molecule has 0 radical (unpaired) electrons. The Balaban J connectivity index is 2.53. The second-order valence-electron chi connectivity index (χ2n) is 4.27. The third-order valence-corrected chi connectivity index (χ3v) is 3.10. The van der Waals surface area contributed by atoms with Gasteiger partial charge < -0.3 is 14.8 Å². The molecular weight excluding hydrogens is 236 g/mol. The number of ether oxygens (including phenoxy) is 2. The van der Waals surface area contributed by atoms with Gasteiger partial charge in [0.1, 0.15) is 5.54 Å². The van der Waals surface area contributed by atoms with Gasteiger partial charge in [-0.25, -0.2) is 0 Å². The molecule has 0 aromatic rings. The van der Waals surface area contributed by atoms with Gasteiger partial charge in [0.25, 0.3) is 0 Å². The number of esters is 1. The van der Waals surface area contributed by atoms with Gasteiger partial charge in [0, 0.05) is 24.7 Å². The second-order valence-corrected chi connectivity index (χ2v) is 4.27. The summed E-state index contributed by atoms with van der Waals surface area (Å²) in [6.45, 7) is 2.28. The van der Waals surface area contributed by atoms with E-state index in [1.165, 1.54) is 7.11 Å². The maximum atomic E-state index is 11.9. The molecule has 1 heterocycles. The van der Waals surface area contributed by atoms with Crippen LogP contribution in [0.1, 0.15) is 25.7 Å². The maximum absolute atomic E-state index is 11.9. The van der Waals surface area contributed by atoms with E-state index in [1.807, 2.05) is 0 Å². The lowest BCUT2D eigenvalue weighted by atomic mass is 9.90. The van der Waals surface area contributed by atoms with Crippen molar-refractivity contribution in [3.05, 3.63) is 10.4 Å². The van der Waals surface area contributed by atoms with Crippen molar-refractivity contribution in [2.75, 3.05) is 33.4 Å². The molecule has 0 aromatic heterocycles. The molecule has 1 saturated heterocycles. The summed E-state index contributed by atoms with van der Waals surface area (Å²) in [5.74, 6) is -0.239. The average molecular weight is 256 g/mol. The van der Waals surface area contributed by atoms with E-state index in [0.717, 1.165) is 6.42 Å². The molecule has 7 nitrogen and oxygen atoms in total. The quantitative estimate of drug-likeness (QED) is 0.255. The number of rotatable bonds is 6. The van der Waals surface area contributed by atoms with Crippen LogP contribution in [-0.4, -0.2) is 44.9 Å². The van der Waals surface area contributed by atoms with Gasteiger partial charge >= 0.3 is 5.97 Å². The van der Waals surface area contributed by atoms with Crippen molar-refractivity contribution in [2.24, 2.45) is 5.11 Å². The van der Waals surface area contributed by atoms with Gasteiger partial charge in [-0.05, 0) is 37.8 Å². The Morgan fingerprint density at radius 1 is 1.56 bits per heavy atom. The van der Waals surface area contributed by atoms with Gasteiger partial charge in [0.2, 0.25) is 0 Å². The molecule has 102 valence electrons. The lowest BCUT2D eigenvalue weighted by Crippen LogP contribution is -2.53. The molecule has 1 aliphatic heterocycles. The topological polar surface area (TPSA) is 96.3 Å². The lowest BCUT2D eigenvalue weighted by Gasteiger charge is -2.30. The number of methoxy groups -OCH3 is 1. The highest BCUT2D eigenvalue weighted by atomic mass is 16.5. The summed E-state index contributed by atoms with van der Waals surface area (Å²) < 4.78 is 10.3. The van der Waals surface area contributed by atoms with Crippen LogP contribution < -0.4 is 5.32 Å². The summed E-state index contributed by atoms with van der Waals surface area (Å²) >= 11 is 0. The molecule has 1 rings (SSSR count). The van der Waals surface area contributed by atoms with Crippen molar-refractivity contribution in [1.82, 2.24) is 5.32 Å². The van der Waals surface area contributed by atoms with Gasteiger partial charge in [-0.15, -0.1) is 0 Å². The zero-order valence-corrected chi connectivity index (χ0v) is 10.7. The first-order chi connectivity index (χ1) is 8.75. The summed E-state index contributed by atoms with van der Waals surface area (Å²) in [5.41, 5.74) is 7.52. The molecule has 0 amide bonds. The normalized spacial score (nSPS) is 23.8. The number of hydrogen-bond acceptors (Lipinski definition) is 5. The van der Waals surface area contributed by atoms with Crippen molar-refractivity contribution < 1.29 is 14.3 Å². The van der Waals surface area contributed by atoms with Crippen molar-refractivity contribution in [2.45, 2.75) is 31.2 Å². The summed E-state index contributed by atoms with van der Waals surface area (Å²) in [4.78, 5) is 14.6. The predicted molar refractivity (Wildman–Crippen MR) is 66.0 cm³/mol. The van der Waals surface area contributed by atoms with Crippen LogP contribution in [0.15, 0.2) is 5.11 Å². The zero-order valence-electron chi connectivity index (χ0n) is 10.7. The van der Waals surface area contributed by atoms with Crippen LogP contribution in [0.5, 0.6) is 0 Å². The Bertz CT molecular complexity index is 307. The van der Waals surface area contributed by atoms with Crippen molar-refractivity contribution in [3.63, 3.8) is 0 Å². The second kappa shape index (κ2) is 7.92. The van der Waals surface area contributed by atoms with E-state index in [9.17, 15) is 4.79 Å². The Labute approximate surface area is 106 Å². The summed E-state index contributed by atoms with van der Waals surface area (Å²) in [7, 11) is 1.40. The number of carbonyl (C=O) groups excluding carboxylic acids is 1. The first-order valence-corrected chi connectivity index (χ1v) is 6.17. The van der Waals surface area contributed by atoms with Crippen LogP contribution >= 0.6 is 0 Å². The Morgan fingerprint density at radius 3 is 3.11 bits per heavy atom. The highest BCUT2D eigenvalue weighted by Crippen LogP contribution is 2.22. The number of hydrogen-bond donors (Lipinski definition) is 1. The van der Waals surface area contributed by atoms with E-state index >= 15 is 0 Å². The fourth-order valence-corrected chi connectivity index (χ4v) is 2.12. The highest BCUT2D eigenvalue weighted by Gasteiger charge is 2.39. The molecule has 1 N–H and O–H groups in total. The smallest absolute Gasteiger partial charge is 0.326 e. The van der Waals surface area contributed by atoms with Gasteiger partial charge in [-0.3, -0.25) is 4.79 Å². The van der Waals surface area contributed by atoms with Crippen LogP contribution in [0.3, 0.4) is 0 Å². The predicted octanol–water partition coefficient (Wildman–Crippen LogP) is 1.39. The van der Waals surface area contributed by atoms with Crippen molar-refractivity contribution >= 4 is 5.97 Å². The molecular formula is C11H20N4O3. The summed E-state index contributed by atoms with van der Waals surface area (Å²) in [6, 6.07) is 0. The lowest BCUT2D eigenvalue weighted by molar-refractivity contribution is -0.149. The van der Waals surface area contributed by atoms with Crippen molar-refractivity contribution in [1.29, 1.82) is 0 Å². The van der Waals surface area contributed by atoms with E-state index in [4.69, 9.17) is 15.0 Å². The standard InChI is InChI=1S/C11H20N4O3/c1-17-10(16)11(4-2-8-18-9-5-11)13-6-3-7-14-15-12/h13H,2-9H2,1H3. The highest BCUT2D eigenvalue weighted by molar-refractivity contribution is 5.80. The molecule has 0 aliphatic carbocycles. The third kappa shape index (κ3) is 4.18. The number of azide groups is 1. The fourth-order valence-electron chi connectivity index (χ4n) is 2.12. The van der Waals surface area contributed by atoms with E-state index in [1.54, 1.807) is 0 Å². The third-order valence-electron chi connectivity index (χ3n) is 3.10. The largest absolute Gasteiger partial charge is 0.468 e. The minimum Gasteiger partial charge on any atom is -0.468 e. The molecule has 18 heavy (non-hydrogen) atoms. The number of carbonyl (C=O) groups is 1. The van der Waals surface area contributed by atoms with E-state index in [-0.39, 0.29) is 5.97 Å². The molecule has 0 bridgehead atoms. The number of nitrogens with zero attached hydrogens (tertiary/aromatic N) is 3. The van der Waals surface area contributed by atoms with Crippen LogP contribution in [0.4, 0.5) is 0 Å². The maximum Gasteiger partial charge on any atom is 0.326 e. The van der Waals surface area contributed by atoms with Gasteiger partial charge in [-0.1, -0.05) is 5.11 Å². The first kappa shape index (κ1) is 14.8. The Hall–Kier alpha value is -1.30. The van der Waals surface area contributed by atoms with E-state index < -0.39 is 5.54 Å². The molecule has 1 aliphatic rings. The van der Waals surface area contributed by atoms with Crippen molar-refractivity contribution in [3.8, 4) is 0 Å². The molecule has 1 atom stereocenters. The molecule has 1 unspecified atom stereocenters. The Morgan fingerprint density at radius 2 is 2.39 bits per heavy atom. The molecule has 7 heteroatoms. The zero-order chi connectivity index (χ0) is 13.3. The Kier molecular flexibility index (Phi) is 6.49. The summed E-state index contributed by atoms with van der Waals surface area (Å²) in [6.07, 6.45) is 2.85. The molecule has 0 aromatic carbocycles. The van der Waals surface area contributed by atoms with E-state index in [2.05, 4.69) is 15.3 Å². The van der Waals surface area contributed by atoms with Crippen LogP contribution in [0.25, 0.3) is 10.4 Å². The van der Waals surface area contributed by atoms with Gasteiger partial charge in [0.05, 0.1) is 7.11 Å². The number of nitrogens with one attached hydrogen (secondary N) is 1. The van der Waals surface area contributed by atoms with Crippen LogP contribution in [0.2, 0.25) is 0 Å². The van der Waals surface area contributed by atoms with Crippen LogP contribution in [-0.2, 0) is 14.3 Å². The summed E-state index contributed by atoms with van der Waals surface area (Å²) in [5, 5.41) is 6.71. The van der Waals surface area contributed by atoms with Crippen LogP contribution in [0, 0.1) is 0 Å². The van der Waals surface area contributed by atoms with Gasteiger partial charge in [0.15, 0.2) is 0 Å². The molecule has 0 saturated carbocycles. The monoisotopic (exact) mass is 256 g/mol. The average Bonchev–Trinajstić information content (AvgIpc) is 2.64. The first-order valence-electron chi connectivity index (χ1n) is 6.17.